The summed E-state index contributed by atoms with van der Waals surface area (Å²) in [4.78, 5) is 23.8. The zero-order chi connectivity index (χ0) is 15.6. The summed E-state index contributed by atoms with van der Waals surface area (Å²) in [6.45, 7) is 4.02. The molecule has 1 aromatic heterocycles. The van der Waals surface area contributed by atoms with Crippen molar-refractivity contribution in [1.29, 1.82) is 0 Å². The molecule has 1 heterocycles. The third-order valence-electron chi connectivity index (χ3n) is 3.64. The monoisotopic (exact) mass is 314 g/mol. The summed E-state index contributed by atoms with van der Waals surface area (Å²) >= 11 is 1.39. The van der Waals surface area contributed by atoms with Gasteiger partial charge in [-0.05, 0) is 32.6 Å². The number of thioether (sulfide) groups is 1. The van der Waals surface area contributed by atoms with Crippen molar-refractivity contribution in [2.75, 3.05) is 12.9 Å². The number of hydrogen-bond acceptors (Lipinski definition) is 6. The highest BCUT2D eigenvalue weighted by atomic mass is 32.2. The fourth-order valence-corrected chi connectivity index (χ4v) is 3.66. The molecule has 8 heteroatoms. The van der Waals surface area contributed by atoms with Gasteiger partial charge in [0.1, 0.15) is 5.54 Å². The smallest absolute Gasteiger partial charge is 0.343 e. The number of aromatic nitrogens is 3. The van der Waals surface area contributed by atoms with Crippen LogP contribution in [0.2, 0.25) is 0 Å². The highest BCUT2D eigenvalue weighted by Crippen LogP contribution is 2.43. The predicted octanol–water partition coefficient (Wildman–Crippen LogP) is 0.520. The number of esters is 1. The van der Waals surface area contributed by atoms with Crippen molar-refractivity contribution in [2.45, 2.75) is 43.4 Å². The zero-order valence-electron chi connectivity index (χ0n) is 12.8. The van der Waals surface area contributed by atoms with Gasteiger partial charge in [0.05, 0.1) is 7.11 Å². The van der Waals surface area contributed by atoms with Gasteiger partial charge in [0, 0.05) is 18.8 Å². The van der Waals surface area contributed by atoms with E-state index in [0.717, 1.165) is 12.8 Å². The second-order valence-electron chi connectivity index (χ2n) is 5.70. The van der Waals surface area contributed by atoms with E-state index in [1.807, 2.05) is 13.8 Å². The summed E-state index contributed by atoms with van der Waals surface area (Å²) in [5.41, 5.74) is -0.979. The molecule has 0 amide bonds. The summed E-state index contributed by atoms with van der Waals surface area (Å²) in [6, 6.07) is 0.160. The zero-order valence-corrected chi connectivity index (χ0v) is 13.6. The van der Waals surface area contributed by atoms with Crippen LogP contribution in [0.15, 0.2) is 9.95 Å². The standard InChI is InChI=1S/C13H22N4O3S/c1-8(2)14-13(9-5-6-9,10(18)20-4)7-21-12-16-15-11(19)17(12)3/h8-9,14H,5-7H2,1-4H3,(H,15,19). The second kappa shape index (κ2) is 6.23. The van der Waals surface area contributed by atoms with E-state index in [1.54, 1.807) is 7.05 Å². The van der Waals surface area contributed by atoms with Gasteiger partial charge in [-0.1, -0.05) is 11.8 Å². The number of aromatic amines is 1. The van der Waals surface area contributed by atoms with E-state index < -0.39 is 5.54 Å². The largest absolute Gasteiger partial charge is 0.468 e. The molecule has 2 rings (SSSR count). The summed E-state index contributed by atoms with van der Waals surface area (Å²) < 4.78 is 6.47. The molecule has 1 fully saturated rings. The number of carbonyl (C=O) groups excluding carboxylic acids is 1. The Bertz CT molecular complexity index is 564. The minimum atomic E-state index is -0.720. The van der Waals surface area contributed by atoms with Gasteiger partial charge in [-0.25, -0.2) is 9.89 Å². The number of H-pyrrole nitrogens is 1. The molecule has 0 saturated heterocycles. The van der Waals surface area contributed by atoms with Gasteiger partial charge in [-0.3, -0.25) is 14.7 Å². The van der Waals surface area contributed by atoms with Crippen molar-refractivity contribution >= 4 is 17.7 Å². The first-order valence-corrected chi connectivity index (χ1v) is 7.99. The Morgan fingerprint density at radius 1 is 1.62 bits per heavy atom. The number of nitrogens with zero attached hydrogens (tertiary/aromatic N) is 2. The molecule has 2 N–H and O–H groups in total. The minimum Gasteiger partial charge on any atom is -0.468 e. The first-order chi connectivity index (χ1) is 9.90. The molecule has 118 valence electrons. The van der Waals surface area contributed by atoms with Crippen LogP contribution < -0.4 is 11.0 Å². The lowest BCUT2D eigenvalue weighted by atomic mass is 9.94. The van der Waals surface area contributed by atoms with Gasteiger partial charge < -0.3 is 4.74 Å². The molecule has 1 atom stereocenters. The molecular formula is C13H22N4O3S. The van der Waals surface area contributed by atoms with E-state index in [2.05, 4.69) is 15.5 Å². The lowest BCUT2D eigenvalue weighted by Crippen LogP contribution is -2.59. The molecule has 1 unspecified atom stereocenters. The summed E-state index contributed by atoms with van der Waals surface area (Å²) in [5, 5.41) is 10.3. The predicted molar refractivity (Wildman–Crippen MR) is 80.3 cm³/mol. The number of methoxy groups -OCH3 is 1. The molecule has 0 aromatic carbocycles. The third-order valence-corrected chi connectivity index (χ3v) is 4.86. The van der Waals surface area contributed by atoms with Gasteiger partial charge in [0.2, 0.25) is 0 Å². The topological polar surface area (TPSA) is 89.0 Å². The highest BCUT2D eigenvalue weighted by molar-refractivity contribution is 7.99. The van der Waals surface area contributed by atoms with Gasteiger partial charge in [0.25, 0.3) is 0 Å². The summed E-state index contributed by atoms with van der Waals surface area (Å²) in [5.74, 6) is 0.517. The molecule has 1 saturated carbocycles. The van der Waals surface area contributed by atoms with Crippen molar-refractivity contribution in [1.82, 2.24) is 20.1 Å². The molecule has 1 aliphatic rings. The van der Waals surface area contributed by atoms with Gasteiger partial charge >= 0.3 is 11.7 Å². The van der Waals surface area contributed by atoms with Crippen LogP contribution in [-0.2, 0) is 16.6 Å². The van der Waals surface area contributed by atoms with Gasteiger partial charge in [0.15, 0.2) is 5.16 Å². The normalized spacial score (nSPS) is 17.8. The van der Waals surface area contributed by atoms with E-state index in [4.69, 9.17) is 4.74 Å². The lowest BCUT2D eigenvalue weighted by Gasteiger charge is -2.33. The van der Waals surface area contributed by atoms with Crippen LogP contribution in [0, 0.1) is 5.92 Å². The van der Waals surface area contributed by atoms with Gasteiger partial charge in [-0.2, -0.15) is 0 Å². The first-order valence-electron chi connectivity index (χ1n) is 7.01. The number of rotatable bonds is 7. The molecule has 1 aromatic rings. The van der Waals surface area contributed by atoms with Crippen molar-refractivity contribution in [3.63, 3.8) is 0 Å². The van der Waals surface area contributed by atoms with Crippen LogP contribution in [0.5, 0.6) is 0 Å². The van der Waals surface area contributed by atoms with Crippen molar-refractivity contribution < 1.29 is 9.53 Å². The van der Waals surface area contributed by atoms with Crippen molar-refractivity contribution in [2.24, 2.45) is 13.0 Å². The van der Waals surface area contributed by atoms with Crippen LogP contribution in [-0.4, -0.2) is 45.2 Å². The van der Waals surface area contributed by atoms with Crippen molar-refractivity contribution in [3.05, 3.63) is 10.5 Å². The van der Waals surface area contributed by atoms with E-state index in [9.17, 15) is 9.59 Å². The van der Waals surface area contributed by atoms with Crippen molar-refractivity contribution in [3.8, 4) is 0 Å². The summed E-state index contributed by atoms with van der Waals surface area (Å²) in [6.07, 6.45) is 2.02. The molecular weight excluding hydrogens is 292 g/mol. The Labute approximate surface area is 127 Å². The van der Waals surface area contributed by atoms with Crippen LogP contribution in [0.3, 0.4) is 0 Å². The third kappa shape index (κ3) is 3.32. The van der Waals surface area contributed by atoms with Crippen LogP contribution in [0.1, 0.15) is 26.7 Å². The average Bonchev–Trinajstić information content (AvgIpc) is 3.24. The Balaban J connectivity index is 2.20. The Morgan fingerprint density at radius 3 is 2.71 bits per heavy atom. The molecule has 0 spiro atoms. The highest BCUT2D eigenvalue weighted by Gasteiger charge is 2.52. The van der Waals surface area contributed by atoms with E-state index >= 15 is 0 Å². The maximum absolute atomic E-state index is 12.4. The average molecular weight is 314 g/mol. The molecule has 0 radical (unpaired) electrons. The van der Waals surface area contributed by atoms with Crippen LogP contribution >= 0.6 is 11.8 Å². The molecule has 1 aliphatic carbocycles. The van der Waals surface area contributed by atoms with E-state index in [1.165, 1.54) is 23.4 Å². The number of carbonyl (C=O) groups is 1. The Hall–Kier alpha value is -1.28. The fourth-order valence-electron chi connectivity index (χ4n) is 2.48. The lowest BCUT2D eigenvalue weighted by molar-refractivity contribution is -0.148. The number of ether oxygens (including phenoxy) is 1. The SMILES string of the molecule is COC(=O)C(CSc1n[nH]c(=O)n1C)(NC(C)C)C1CC1. The van der Waals surface area contributed by atoms with E-state index in [-0.39, 0.29) is 23.6 Å². The fraction of sp³-hybridized carbons (Fsp3) is 0.769. The van der Waals surface area contributed by atoms with Gasteiger partial charge in [-0.15, -0.1) is 5.10 Å². The van der Waals surface area contributed by atoms with E-state index in [0.29, 0.717) is 10.9 Å². The number of hydrogen-bond donors (Lipinski definition) is 2. The molecule has 21 heavy (non-hydrogen) atoms. The first kappa shape index (κ1) is 16.1. The molecule has 7 nitrogen and oxygen atoms in total. The molecule has 0 aliphatic heterocycles. The van der Waals surface area contributed by atoms with Crippen LogP contribution in [0.25, 0.3) is 0 Å². The molecule has 0 bridgehead atoms. The Morgan fingerprint density at radius 2 is 2.29 bits per heavy atom. The Kier molecular flexibility index (Phi) is 4.77. The second-order valence-corrected chi connectivity index (χ2v) is 6.64. The maximum atomic E-state index is 12.4. The maximum Gasteiger partial charge on any atom is 0.343 e. The quantitative estimate of drug-likeness (QED) is 0.563. The van der Waals surface area contributed by atoms with Crippen LogP contribution in [0.4, 0.5) is 0 Å². The minimum absolute atomic E-state index is 0.160. The summed E-state index contributed by atoms with van der Waals surface area (Å²) in [7, 11) is 3.07. The number of nitrogens with one attached hydrogen (secondary N) is 2.